The zero-order chi connectivity index (χ0) is 18.2. The van der Waals surface area contributed by atoms with Crippen molar-refractivity contribution < 1.29 is 9.53 Å². The summed E-state index contributed by atoms with van der Waals surface area (Å²) in [4.78, 5) is 20.7. The summed E-state index contributed by atoms with van der Waals surface area (Å²) >= 11 is 6.64. The van der Waals surface area contributed by atoms with Gasteiger partial charge in [0.2, 0.25) is 0 Å². The van der Waals surface area contributed by atoms with Crippen LogP contribution in [0.5, 0.6) is 0 Å². The Labute approximate surface area is 150 Å². The van der Waals surface area contributed by atoms with Gasteiger partial charge in [0.05, 0.1) is 17.7 Å². The number of carbonyl (C=O) groups is 1. The zero-order valence-corrected chi connectivity index (χ0v) is 17.3. The molecule has 0 bridgehead atoms. The molecule has 0 unspecified atom stereocenters. The third-order valence-corrected chi connectivity index (χ3v) is 12.6. The van der Waals surface area contributed by atoms with Gasteiger partial charge in [0.1, 0.15) is 13.7 Å². The molecule has 6 heteroatoms. The van der Waals surface area contributed by atoms with Crippen molar-refractivity contribution in [2.45, 2.75) is 58.2 Å². The van der Waals surface area contributed by atoms with Crippen molar-refractivity contribution in [3.05, 3.63) is 22.8 Å². The molecule has 0 saturated carbocycles. The number of methoxy groups -OCH3 is 1. The molecule has 0 aromatic carbocycles. The number of hydrogen-bond donors (Lipinski definition) is 1. The topological polar surface area (TPSA) is 55.0 Å². The molecule has 0 fully saturated rings. The highest BCUT2D eigenvalue weighted by atomic mass is 35.5. The molecular weight excluding hydrogens is 340 g/mol. The Bertz CT molecular complexity index is 731. The molecule has 2 rings (SSSR count). The van der Waals surface area contributed by atoms with Gasteiger partial charge >= 0.3 is 5.97 Å². The molecule has 0 spiro atoms. The van der Waals surface area contributed by atoms with E-state index in [1.807, 2.05) is 6.07 Å². The first kappa shape index (κ1) is 19.0. The average molecular weight is 367 g/mol. The van der Waals surface area contributed by atoms with Gasteiger partial charge in [-0.2, -0.15) is 0 Å². The Morgan fingerprint density at radius 2 is 1.71 bits per heavy atom. The van der Waals surface area contributed by atoms with Gasteiger partial charge in [-0.05, 0) is 22.7 Å². The SMILES string of the molecule is COC(=O)c1c([Si](C(C)C)(C(C)C)C(C)C)nc2[nH]ccc2c1Cl. The summed E-state index contributed by atoms with van der Waals surface area (Å²) in [5, 5.41) is 2.08. The largest absolute Gasteiger partial charge is 0.465 e. The first-order valence-corrected chi connectivity index (χ1v) is 11.1. The van der Waals surface area contributed by atoms with Crippen LogP contribution >= 0.6 is 11.6 Å². The highest BCUT2D eigenvalue weighted by Crippen LogP contribution is 2.42. The number of halogens is 1. The molecule has 0 aliphatic rings. The van der Waals surface area contributed by atoms with Crippen molar-refractivity contribution in [1.29, 1.82) is 0 Å². The van der Waals surface area contributed by atoms with Crippen LogP contribution in [-0.4, -0.2) is 31.1 Å². The van der Waals surface area contributed by atoms with E-state index >= 15 is 0 Å². The quantitative estimate of drug-likeness (QED) is 0.605. The van der Waals surface area contributed by atoms with Gasteiger partial charge in [-0.15, -0.1) is 0 Å². The summed E-state index contributed by atoms with van der Waals surface area (Å²) in [6, 6.07) is 1.85. The van der Waals surface area contributed by atoms with Gasteiger partial charge in [-0.1, -0.05) is 53.1 Å². The highest BCUT2D eigenvalue weighted by molar-refractivity contribution is 6.95. The molecular formula is C18H27ClN2O2Si. The number of rotatable bonds is 5. The summed E-state index contributed by atoms with van der Waals surface area (Å²) in [7, 11) is -0.770. The number of aromatic amines is 1. The number of nitrogens with one attached hydrogen (secondary N) is 1. The number of ether oxygens (including phenoxy) is 1. The summed E-state index contributed by atoms with van der Waals surface area (Å²) in [6.45, 7) is 13.4. The Hall–Kier alpha value is -1.33. The minimum atomic E-state index is -2.17. The van der Waals surface area contributed by atoms with Crippen LogP contribution in [0.2, 0.25) is 21.6 Å². The fraction of sp³-hybridized carbons (Fsp3) is 0.556. The number of pyridine rings is 1. The van der Waals surface area contributed by atoms with Crippen molar-refractivity contribution in [3.8, 4) is 0 Å². The van der Waals surface area contributed by atoms with E-state index in [-0.39, 0.29) is 0 Å². The second-order valence-electron chi connectivity index (χ2n) is 7.28. The molecule has 132 valence electrons. The van der Waals surface area contributed by atoms with Crippen LogP contribution in [0, 0.1) is 0 Å². The fourth-order valence-electron chi connectivity index (χ4n) is 4.46. The molecule has 0 radical (unpaired) electrons. The third-order valence-electron chi connectivity index (χ3n) is 5.31. The lowest BCUT2D eigenvalue weighted by Gasteiger charge is -2.43. The average Bonchev–Trinajstić information content (AvgIpc) is 2.95. The Kier molecular flexibility index (Phi) is 5.45. The number of hydrogen-bond acceptors (Lipinski definition) is 3. The van der Waals surface area contributed by atoms with Gasteiger partial charge in [-0.25, -0.2) is 9.78 Å². The smallest absolute Gasteiger partial charge is 0.340 e. The molecule has 0 aliphatic heterocycles. The van der Waals surface area contributed by atoms with Crippen LogP contribution in [0.25, 0.3) is 11.0 Å². The van der Waals surface area contributed by atoms with E-state index in [0.717, 1.165) is 16.4 Å². The molecule has 0 aliphatic carbocycles. The molecule has 2 heterocycles. The van der Waals surface area contributed by atoms with E-state index in [0.29, 0.717) is 27.2 Å². The molecule has 24 heavy (non-hydrogen) atoms. The van der Waals surface area contributed by atoms with Crippen molar-refractivity contribution in [3.63, 3.8) is 0 Å². The van der Waals surface area contributed by atoms with Gasteiger partial charge in [0, 0.05) is 16.9 Å². The maximum Gasteiger partial charge on any atom is 0.340 e. The van der Waals surface area contributed by atoms with Crippen molar-refractivity contribution in [2.24, 2.45) is 0 Å². The molecule has 2 aromatic rings. The highest BCUT2D eigenvalue weighted by Gasteiger charge is 2.48. The third kappa shape index (κ3) is 2.67. The van der Waals surface area contributed by atoms with Crippen LogP contribution in [-0.2, 0) is 4.74 Å². The van der Waals surface area contributed by atoms with E-state index in [4.69, 9.17) is 21.3 Å². The number of nitrogens with zero attached hydrogens (tertiary/aromatic N) is 1. The van der Waals surface area contributed by atoms with E-state index in [2.05, 4.69) is 46.5 Å². The lowest BCUT2D eigenvalue weighted by Crippen LogP contribution is -2.58. The Morgan fingerprint density at radius 1 is 1.17 bits per heavy atom. The van der Waals surface area contributed by atoms with Crippen LogP contribution in [0.15, 0.2) is 12.3 Å². The van der Waals surface area contributed by atoms with Crippen molar-refractivity contribution >= 4 is 42.0 Å². The van der Waals surface area contributed by atoms with Crippen LogP contribution in [0.1, 0.15) is 51.9 Å². The summed E-state index contributed by atoms with van der Waals surface area (Å²) in [5.74, 6) is -0.399. The number of esters is 1. The van der Waals surface area contributed by atoms with E-state index < -0.39 is 14.0 Å². The summed E-state index contributed by atoms with van der Waals surface area (Å²) in [6.07, 6.45) is 1.80. The zero-order valence-electron chi connectivity index (χ0n) is 15.5. The molecule has 0 amide bonds. The number of H-pyrrole nitrogens is 1. The monoisotopic (exact) mass is 366 g/mol. The first-order chi connectivity index (χ1) is 11.2. The van der Waals surface area contributed by atoms with E-state index in [1.165, 1.54) is 7.11 Å². The van der Waals surface area contributed by atoms with Gasteiger partial charge in [0.25, 0.3) is 0 Å². The fourth-order valence-corrected chi connectivity index (χ4v) is 11.5. The second-order valence-corrected chi connectivity index (χ2v) is 13.5. The Balaban J connectivity index is 2.98. The molecule has 2 aromatic heterocycles. The van der Waals surface area contributed by atoms with Crippen molar-refractivity contribution in [1.82, 2.24) is 9.97 Å². The number of aromatic nitrogens is 2. The molecule has 4 nitrogen and oxygen atoms in total. The maximum absolute atomic E-state index is 12.6. The maximum atomic E-state index is 12.6. The summed E-state index contributed by atoms with van der Waals surface area (Å²) < 4.78 is 5.07. The number of fused-ring (bicyclic) bond motifs is 1. The first-order valence-electron chi connectivity index (χ1n) is 8.44. The number of carbonyl (C=O) groups excluding carboxylic acids is 1. The predicted octanol–water partition coefficient (Wildman–Crippen LogP) is 4.89. The normalized spacial score (nSPS) is 12.6. The standard InChI is InChI=1S/C18H27ClN2O2Si/c1-10(2)24(11(3)4,12(5)6)17-14(18(22)23-7)15(19)13-8-9-20-16(13)21-17/h8-12H,1-7H3,(H,20,21). The van der Waals surface area contributed by atoms with Crippen LogP contribution in [0.4, 0.5) is 0 Å². The minimum absolute atomic E-state index is 0.399. The Morgan fingerprint density at radius 3 is 2.17 bits per heavy atom. The van der Waals surface area contributed by atoms with Crippen molar-refractivity contribution in [2.75, 3.05) is 7.11 Å². The van der Waals surface area contributed by atoms with Gasteiger partial charge in [0.15, 0.2) is 0 Å². The molecule has 1 N–H and O–H groups in total. The van der Waals surface area contributed by atoms with E-state index in [9.17, 15) is 4.79 Å². The summed E-state index contributed by atoms with van der Waals surface area (Å²) in [5.41, 5.74) is 2.43. The molecule has 0 saturated heterocycles. The van der Waals surface area contributed by atoms with E-state index in [1.54, 1.807) is 6.20 Å². The molecule has 0 atom stereocenters. The predicted molar refractivity (Wildman–Crippen MR) is 103 cm³/mol. The lowest BCUT2D eigenvalue weighted by molar-refractivity contribution is 0.0602. The van der Waals surface area contributed by atoms with Crippen LogP contribution in [0.3, 0.4) is 0 Å². The van der Waals surface area contributed by atoms with Gasteiger partial charge < -0.3 is 9.72 Å². The van der Waals surface area contributed by atoms with Crippen LogP contribution < -0.4 is 5.32 Å². The minimum Gasteiger partial charge on any atom is -0.465 e. The lowest BCUT2D eigenvalue weighted by atomic mass is 10.2. The van der Waals surface area contributed by atoms with Gasteiger partial charge in [-0.3, -0.25) is 0 Å². The second kappa shape index (κ2) is 6.88.